The highest BCUT2D eigenvalue weighted by atomic mass is 32.2. The van der Waals surface area contributed by atoms with Crippen molar-refractivity contribution >= 4 is 20.2 Å². The molecule has 13 heteroatoms. The molecule has 0 saturated heterocycles. The molecule has 25 heavy (non-hydrogen) atoms. The van der Waals surface area contributed by atoms with Gasteiger partial charge in [-0.2, -0.15) is 38.8 Å². The molecule has 1 aromatic rings. The highest BCUT2D eigenvalue weighted by Gasteiger charge is 2.66. The predicted octanol–water partition coefficient (Wildman–Crippen LogP) is 2.76. The van der Waals surface area contributed by atoms with Crippen LogP contribution in [-0.2, 0) is 30.8 Å². The maximum absolute atomic E-state index is 13.4. The molecule has 1 aromatic carbocycles. The fraction of sp³-hybridized carbons (Fsp3) is 0.500. The zero-order valence-corrected chi connectivity index (χ0v) is 14.1. The Morgan fingerprint density at radius 2 is 1.52 bits per heavy atom. The fourth-order valence-corrected chi connectivity index (χ4v) is 3.31. The molecule has 6 nitrogen and oxygen atoms in total. The van der Waals surface area contributed by atoms with Gasteiger partial charge in [0.15, 0.2) is 0 Å². The molecule has 0 radical (unpaired) electrons. The number of alkyl halides is 5. The number of halogens is 5. The minimum Gasteiger partial charge on any atom is -0.281 e. The van der Waals surface area contributed by atoms with Crippen LogP contribution in [-0.4, -0.2) is 38.9 Å². The van der Waals surface area contributed by atoms with Crippen LogP contribution < -0.4 is 0 Å². The van der Waals surface area contributed by atoms with Crippen LogP contribution in [0, 0.1) is 0 Å². The standard InChI is InChI=1S/C12H13F5O6S2/c1-2-3-8-4-6-9(7-5-8)24(18,19)23-10(11(13,14)15)12(16,17)25(20,21)22/h4-7,10H,2-3H2,1H3,(H,20,21,22). The molecule has 0 heterocycles. The molecule has 0 aromatic heterocycles. The molecule has 0 aliphatic carbocycles. The Bertz CT molecular complexity index is 799. The summed E-state index contributed by atoms with van der Waals surface area (Å²) in [5, 5.41) is -5.93. The van der Waals surface area contributed by atoms with E-state index in [-0.39, 0.29) is 0 Å². The minimum absolute atomic E-state index is 0.535. The third-order valence-corrected chi connectivity index (χ3v) is 5.12. The molecule has 1 atom stereocenters. The van der Waals surface area contributed by atoms with Gasteiger partial charge >= 0.3 is 21.5 Å². The van der Waals surface area contributed by atoms with Crippen molar-refractivity contribution in [2.45, 2.75) is 42.2 Å². The number of benzene rings is 1. The summed E-state index contributed by atoms with van der Waals surface area (Å²) < 4.78 is 121. The first kappa shape index (κ1) is 21.7. The molecule has 0 saturated carbocycles. The van der Waals surface area contributed by atoms with E-state index in [9.17, 15) is 38.8 Å². The van der Waals surface area contributed by atoms with Gasteiger partial charge in [-0.25, -0.2) is 4.18 Å². The number of aryl methyl sites for hydroxylation is 1. The second-order valence-corrected chi connectivity index (χ2v) is 7.97. The summed E-state index contributed by atoms with van der Waals surface area (Å²) in [6.07, 6.45) is -9.49. The Hall–Kier alpha value is -1.31. The van der Waals surface area contributed by atoms with E-state index in [0.717, 1.165) is 12.1 Å². The SMILES string of the molecule is CCCc1ccc(S(=O)(=O)OC(C(F)(F)F)C(F)(F)S(=O)(=O)O)cc1. The third kappa shape index (κ3) is 5.09. The maximum Gasteiger partial charge on any atom is 0.423 e. The molecular weight excluding hydrogens is 399 g/mol. The van der Waals surface area contributed by atoms with Crippen LogP contribution in [0.4, 0.5) is 22.0 Å². The van der Waals surface area contributed by atoms with Gasteiger partial charge in [-0.1, -0.05) is 25.5 Å². The summed E-state index contributed by atoms with van der Waals surface area (Å²) >= 11 is 0. The van der Waals surface area contributed by atoms with Gasteiger partial charge in [0.05, 0.1) is 4.90 Å². The molecule has 0 spiro atoms. The molecule has 1 unspecified atom stereocenters. The molecule has 0 bridgehead atoms. The lowest BCUT2D eigenvalue weighted by Gasteiger charge is -2.25. The van der Waals surface area contributed by atoms with Crippen molar-refractivity contribution in [2.24, 2.45) is 0 Å². The van der Waals surface area contributed by atoms with Gasteiger partial charge in [0.25, 0.3) is 16.2 Å². The van der Waals surface area contributed by atoms with Crippen LogP contribution in [0.2, 0.25) is 0 Å². The summed E-state index contributed by atoms with van der Waals surface area (Å²) in [5.41, 5.74) is 0.636. The van der Waals surface area contributed by atoms with Crippen molar-refractivity contribution in [2.75, 3.05) is 0 Å². The van der Waals surface area contributed by atoms with Gasteiger partial charge in [-0.15, -0.1) is 0 Å². The van der Waals surface area contributed by atoms with Crippen molar-refractivity contribution in [3.8, 4) is 0 Å². The third-order valence-electron chi connectivity index (χ3n) is 2.92. The van der Waals surface area contributed by atoms with Gasteiger partial charge in [0.2, 0.25) is 0 Å². The molecule has 0 fully saturated rings. The van der Waals surface area contributed by atoms with Crippen molar-refractivity contribution in [3.05, 3.63) is 29.8 Å². The largest absolute Gasteiger partial charge is 0.423 e. The zero-order valence-electron chi connectivity index (χ0n) is 12.5. The van der Waals surface area contributed by atoms with Crippen LogP contribution in [0.1, 0.15) is 18.9 Å². The number of hydrogen-bond donors (Lipinski definition) is 1. The van der Waals surface area contributed by atoms with E-state index in [1.165, 1.54) is 12.1 Å². The van der Waals surface area contributed by atoms with E-state index in [2.05, 4.69) is 4.18 Å². The van der Waals surface area contributed by atoms with Crippen LogP contribution in [0.3, 0.4) is 0 Å². The van der Waals surface area contributed by atoms with E-state index in [4.69, 9.17) is 4.55 Å². The van der Waals surface area contributed by atoms with Crippen LogP contribution in [0.5, 0.6) is 0 Å². The van der Waals surface area contributed by atoms with Gasteiger partial charge in [-0.05, 0) is 24.1 Å². The van der Waals surface area contributed by atoms with E-state index < -0.39 is 42.7 Å². The second-order valence-electron chi connectivity index (χ2n) is 4.90. The van der Waals surface area contributed by atoms with Gasteiger partial charge in [0.1, 0.15) is 0 Å². The second kappa shape index (κ2) is 7.13. The van der Waals surface area contributed by atoms with Gasteiger partial charge in [-0.3, -0.25) is 4.55 Å². The first-order valence-electron chi connectivity index (χ1n) is 6.56. The molecule has 0 amide bonds. The zero-order chi connectivity index (χ0) is 19.7. The van der Waals surface area contributed by atoms with Crippen molar-refractivity contribution < 1.29 is 47.5 Å². The molecule has 1 N–H and O–H groups in total. The molecule has 1 rings (SSSR count). The Morgan fingerprint density at radius 3 is 1.88 bits per heavy atom. The fourth-order valence-electron chi connectivity index (χ4n) is 1.73. The van der Waals surface area contributed by atoms with Crippen LogP contribution in [0.15, 0.2) is 29.2 Å². The van der Waals surface area contributed by atoms with E-state index in [1.807, 2.05) is 6.92 Å². The van der Waals surface area contributed by atoms with E-state index in [0.29, 0.717) is 18.4 Å². The van der Waals surface area contributed by atoms with Crippen molar-refractivity contribution in [1.29, 1.82) is 0 Å². The summed E-state index contributed by atoms with van der Waals surface area (Å²) in [6, 6.07) is 4.14. The molecular formula is C12H13F5O6S2. The Kier molecular flexibility index (Phi) is 6.20. The summed E-state index contributed by atoms with van der Waals surface area (Å²) in [4.78, 5) is -0.882. The maximum atomic E-state index is 13.4. The Balaban J connectivity index is 3.28. The van der Waals surface area contributed by atoms with Crippen molar-refractivity contribution in [1.82, 2.24) is 0 Å². The minimum atomic E-state index is -6.60. The van der Waals surface area contributed by atoms with Crippen LogP contribution >= 0.6 is 0 Å². The molecule has 144 valence electrons. The topological polar surface area (TPSA) is 97.7 Å². The van der Waals surface area contributed by atoms with Gasteiger partial charge < -0.3 is 0 Å². The predicted molar refractivity (Wildman–Crippen MR) is 75.0 cm³/mol. The number of hydrogen-bond acceptors (Lipinski definition) is 5. The summed E-state index contributed by atoms with van der Waals surface area (Å²) in [5.74, 6) is 0. The first-order chi connectivity index (χ1) is 11.1. The number of rotatable bonds is 7. The average Bonchev–Trinajstić information content (AvgIpc) is 2.43. The van der Waals surface area contributed by atoms with E-state index in [1.54, 1.807) is 0 Å². The quantitative estimate of drug-likeness (QED) is 0.420. The van der Waals surface area contributed by atoms with Crippen LogP contribution in [0.25, 0.3) is 0 Å². The lowest BCUT2D eigenvalue weighted by atomic mass is 10.1. The summed E-state index contributed by atoms with van der Waals surface area (Å²) in [6.45, 7) is 1.82. The Morgan fingerprint density at radius 1 is 1.04 bits per heavy atom. The highest BCUT2D eigenvalue weighted by Crippen LogP contribution is 2.39. The summed E-state index contributed by atoms with van der Waals surface area (Å²) in [7, 11) is -12.0. The van der Waals surface area contributed by atoms with E-state index >= 15 is 0 Å². The van der Waals surface area contributed by atoms with Crippen molar-refractivity contribution in [3.63, 3.8) is 0 Å². The first-order valence-corrected chi connectivity index (χ1v) is 9.41. The molecule has 0 aliphatic heterocycles. The van der Waals surface area contributed by atoms with Gasteiger partial charge in [0, 0.05) is 0 Å². The Labute approximate surface area is 140 Å². The normalized spacial score (nSPS) is 15.2. The lowest BCUT2D eigenvalue weighted by molar-refractivity contribution is -0.237. The smallest absolute Gasteiger partial charge is 0.281 e. The monoisotopic (exact) mass is 412 g/mol. The molecule has 0 aliphatic rings. The average molecular weight is 412 g/mol. The lowest BCUT2D eigenvalue weighted by Crippen LogP contribution is -2.52. The highest BCUT2D eigenvalue weighted by molar-refractivity contribution is 7.87.